The van der Waals surface area contributed by atoms with Crippen LogP contribution in [0, 0.1) is 10.8 Å². The summed E-state index contributed by atoms with van der Waals surface area (Å²) in [6.07, 6.45) is 0.142. The van der Waals surface area contributed by atoms with Crippen molar-refractivity contribution in [3.05, 3.63) is 45.2 Å². The van der Waals surface area contributed by atoms with E-state index in [2.05, 4.69) is 0 Å². The van der Waals surface area contributed by atoms with Crippen LogP contribution in [0.15, 0.2) is 23.0 Å². The molecule has 0 aromatic heterocycles. The molecule has 0 radical (unpaired) electrons. The van der Waals surface area contributed by atoms with Gasteiger partial charge in [-0.3, -0.25) is 19.3 Å². The number of rotatable bonds is 3. The summed E-state index contributed by atoms with van der Waals surface area (Å²) >= 11 is 0. The third-order valence-corrected chi connectivity index (χ3v) is 8.75. The minimum Gasteiger partial charge on any atom is -0.508 e. The van der Waals surface area contributed by atoms with E-state index >= 15 is 0 Å². The van der Waals surface area contributed by atoms with E-state index < -0.39 is 62.5 Å². The normalized spacial score (nSPS) is 31.4. The fourth-order valence-corrected chi connectivity index (χ4v) is 7.22. The topological polar surface area (TPSA) is 187 Å². The van der Waals surface area contributed by atoms with Crippen LogP contribution in [0.4, 0.5) is 0 Å². The quantitative estimate of drug-likeness (QED) is 0.317. The summed E-state index contributed by atoms with van der Waals surface area (Å²) in [5, 5.41) is 46.1. The summed E-state index contributed by atoms with van der Waals surface area (Å²) in [6.45, 7) is 9.03. The van der Waals surface area contributed by atoms with Gasteiger partial charge < -0.3 is 31.9 Å². The van der Waals surface area contributed by atoms with Crippen molar-refractivity contribution in [2.45, 2.75) is 71.1 Å². The lowest BCUT2D eigenvalue weighted by atomic mass is 9.46. The van der Waals surface area contributed by atoms with Gasteiger partial charge >= 0.3 is 0 Å². The number of aliphatic hydroxyl groups excluding tert-OH is 2. The number of likely N-dealkylation sites (N-methyl/N-ethyl adjacent to an activating group) is 1. The summed E-state index contributed by atoms with van der Waals surface area (Å²) in [7, 11) is 3.14. The number of fused-ring (bicyclic) bond motifs is 3. The van der Waals surface area contributed by atoms with Crippen LogP contribution in [0.5, 0.6) is 5.75 Å². The molecule has 4 rings (SSSR count). The zero-order valence-corrected chi connectivity index (χ0v) is 22.9. The van der Waals surface area contributed by atoms with Crippen molar-refractivity contribution in [2.24, 2.45) is 22.3 Å². The van der Waals surface area contributed by atoms with Crippen LogP contribution in [0.1, 0.15) is 63.3 Å². The molecule has 1 fully saturated rings. The van der Waals surface area contributed by atoms with E-state index in [1.54, 1.807) is 27.1 Å². The first-order valence-corrected chi connectivity index (χ1v) is 12.5. The van der Waals surface area contributed by atoms with Crippen LogP contribution >= 0.6 is 0 Å². The molecular weight excluding hydrogens is 490 g/mol. The lowest BCUT2D eigenvalue weighted by Gasteiger charge is -2.59. The van der Waals surface area contributed by atoms with Crippen molar-refractivity contribution in [2.75, 3.05) is 14.1 Å². The molecule has 0 saturated heterocycles. The Morgan fingerprint density at radius 2 is 1.74 bits per heavy atom. The molecule has 0 aliphatic heterocycles. The highest BCUT2D eigenvalue weighted by Gasteiger charge is 2.72. The highest BCUT2D eigenvalue weighted by Crippen LogP contribution is 2.63. The third-order valence-electron chi connectivity index (χ3n) is 8.75. The van der Waals surface area contributed by atoms with Crippen LogP contribution < -0.4 is 11.5 Å². The predicted octanol–water partition coefficient (Wildman–Crippen LogP) is 1.50. The number of phenols is 1. The van der Waals surface area contributed by atoms with Gasteiger partial charge in [-0.1, -0.05) is 34.6 Å². The number of hydrogen-bond acceptors (Lipinski definition) is 9. The Bertz CT molecular complexity index is 1370. The molecule has 8 N–H and O–H groups in total. The van der Waals surface area contributed by atoms with Crippen molar-refractivity contribution in [3.63, 3.8) is 0 Å². The highest BCUT2D eigenvalue weighted by molar-refractivity contribution is 6.25. The third kappa shape index (κ3) is 3.26. The van der Waals surface area contributed by atoms with Crippen LogP contribution in [0.3, 0.4) is 0 Å². The number of primary amides is 1. The molecule has 1 amide bonds. The monoisotopic (exact) mass is 527 g/mol. The van der Waals surface area contributed by atoms with E-state index in [1.807, 2.05) is 20.8 Å². The molecule has 3 aliphatic rings. The zero-order chi connectivity index (χ0) is 28.9. The van der Waals surface area contributed by atoms with Crippen molar-refractivity contribution < 1.29 is 34.8 Å². The van der Waals surface area contributed by atoms with E-state index in [0.29, 0.717) is 16.7 Å². The van der Waals surface area contributed by atoms with E-state index in [0.717, 1.165) is 0 Å². The van der Waals surface area contributed by atoms with Crippen molar-refractivity contribution in [1.29, 1.82) is 0 Å². The van der Waals surface area contributed by atoms with Crippen LogP contribution in [0.2, 0.25) is 0 Å². The second-order valence-electron chi connectivity index (χ2n) is 12.7. The Morgan fingerprint density at radius 1 is 1.16 bits per heavy atom. The first-order valence-electron chi connectivity index (χ1n) is 12.5. The minimum atomic E-state index is -2.74. The molecule has 1 aromatic rings. The number of aromatic hydroxyl groups is 1. The number of hydrogen-bond donors (Lipinski definition) is 6. The van der Waals surface area contributed by atoms with Gasteiger partial charge in [-0.05, 0) is 49.5 Å². The average Bonchev–Trinajstić information content (AvgIpc) is 2.75. The number of carbonyl (C=O) groups excluding carboxylic acids is 3. The molecule has 0 unspecified atom stereocenters. The minimum absolute atomic E-state index is 0.0302. The highest BCUT2D eigenvalue weighted by atomic mass is 16.3. The van der Waals surface area contributed by atoms with Gasteiger partial charge in [-0.25, -0.2) is 0 Å². The van der Waals surface area contributed by atoms with E-state index in [1.165, 1.54) is 11.8 Å². The second kappa shape index (κ2) is 8.14. The van der Waals surface area contributed by atoms with Gasteiger partial charge in [0.05, 0.1) is 11.6 Å². The number of ketones is 2. The number of phenolic OH excluding ortho intramolecular Hbond substituents is 1. The van der Waals surface area contributed by atoms with Gasteiger partial charge in [0.25, 0.3) is 5.91 Å². The fourth-order valence-electron chi connectivity index (χ4n) is 7.22. The maximum Gasteiger partial charge on any atom is 0.255 e. The maximum absolute atomic E-state index is 14.3. The summed E-state index contributed by atoms with van der Waals surface area (Å²) < 4.78 is 0. The van der Waals surface area contributed by atoms with E-state index in [4.69, 9.17) is 11.5 Å². The Hall–Kier alpha value is -3.21. The van der Waals surface area contributed by atoms with Crippen molar-refractivity contribution in [3.8, 4) is 5.75 Å². The van der Waals surface area contributed by atoms with Gasteiger partial charge in [0.1, 0.15) is 22.8 Å². The summed E-state index contributed by atoms with van der Waals surface area (Å²) in [5.74, 6) is -4.98. The SMILES string of the molecule is CN(C)[C@@H]1C(=O)C(C(N)=O)=C(O)[C@@]2(O)C(=O)C3=C(O)c4c(O)c(C(C)(C)C)cc(CN)c4C[C@@]3(C)C[C@@]12C. The lowest BCUT2D eigenvalue weighted by molar-refractivity contribution is -0.176. The maximum atomic E-state index is 14.3. The fraction of sp³-hybridized carbons (Fsp3) is 0.536. The van der Waals surface area contributed by atoms with Gasteiger partial charge in [0.2, 0.25) is 5.78 Å². The number of Topliss-reactive ketones (excluding diaryl/α,β-unsaturated/α-hetero) is 2. The second-order valence-corrected chi connectivity index (χ2v) is 12.7. The molecule has 0 bridgehead atoms. The summed E-state index contributed by atoms with van der Waals surface area (Å²) in [5.41, 5.74) is 6.31. The van der Waals surface area contributed by atoms with Crippen LogP contribution in [0.25, 0.3) is 5.76 Å². The number of aliphatic hydroxyl groups is 3. The molecule has 206 valence electrons. The molecule has 10 nitrogen and oxygen atoms in total. The Morgan fingerprint density at radius 3 is 2.21 bits per heavy atom. The molecular formula is C28H37N3O7. The average molecular weight is 528 g/mol. The van der Waals surface area contributed by atoms with E-state index in [-0.39, 0.29) is 36.3 Å². The van der Waals surface area contributed by atoms with Gasteiger partial charge in [0, 0.05) is 28.5 Å². The Balaban J connectivity index is 2.12. The van der Waals surface area contributed by atoms with Crippen LogP contribution in [-0.2, 0) is 32.8 Å². The summed E-state index contributed by atoms with van der Waals surface area (Å²) in [4.78, 5) is 41.4. The molecule has 1 saturated carbocycles. The first-order chi connectivity index (χ1) is 17.3. The standard InChI is InChI=1S/C28H37N3O7/c1-25(2,3)14-8-12(10-29)13-9-26(4)11-27(5)21(31(6)7)20(34)16(24(30)37)22(35)28(27,38)23(36)17(26)19(33)15(13)18(14)32/h8,21,32-33,35,38H,9-11,29H2,1-7H3,(H2,30,37)/t21-,26+,27+,28-/m1/s1. The summed E-state index contributed by atoms with van der Waals surface area (Å²) in [6, 6.07) is 0.612. The molecule has 38 heavy (non-hydrogen) atoms. The predicted molar refractivity (Wildman–Crippen MR) is 140 cm³/mol. The van der Waals surface area contributed by atoms with Crippen molar-refractivity contribution in [1.82, 2.24) is 4.90 Å². The smallest absolute Gasteiger partial charge is 0.255 e. The molecule has 3 aliphatic carbocycles. The number of nitrogens with zero attached hydrogens (tertiary/aromatic N) is 1. The Kier molecular flexibility index (Phi) is 5.96. The molecule has 0 spiro atoms. The number of carbonyl (C=O) groups is 3. The first kappa shape index (κ1) is 27.8. The molecule has 1 aromatic carbocycles. The van der Waals surface area contributed by atoms with Gasteiger partial charge in [-0.2, -0.15) is 0 Å². The molecule has 0 heterocycles. The van der Waals surface area contributed by atoms with E-state index in [9.17, 15) is 34.8 Å². The Labute approximate surface area is 221 Å². The van der Waals surface area contributed by atoms with Gasteiger partial charge in [0.15, 0.2) is 11.4 Å². The largest absolute Gasteiger partial charge is 0.508 e. The number of amides is 1. The molecule has 10 heteroatoms. The van der Waals surface area contributed by atoms with Crippen molar-refractivity contribution >= 4 is 23.2 Å². The lowest BCUT2D eigenvalue weighted by Crippen LogP contribution is -2.72. The zero-order valence-electron chi connectivity index (χ0n) is 22.9. The number of nitrogens with two attached hydrogens (primary N) is 2. The molecule has 4 atom stereocenters. The van der Waals surface area contributed by atoms with Gasteiger partial charge in [-0.15, -0.1) is 0 Å². The number of benzene rings is 1. The van der Waals surface area contributed by atoms with Crippen LogP contribution in [-0.4, -0.2) is 68.5 Å².